The molecule has 0 aromatic heterocycles. The van der Waals surface area contributed by atoms with E-state index in [-0.39, 0.29) is 54.2 Å². The highest BCUT2D eigenvalue weighted by Gasteiger charge is 2.57. The third-order valence-electron chi connectivity index (χ3n) is 6.38. The molecule has 2 aliphatic heterocycles. The molecule has 41 heavy (non-hydrogen) atoms. The number of halogens is 4. The molecule has 0 saturated heterocycles. The largest absolute Gasteiger partial charge is 0.507 e. The summed E-state index contributed by atoms with van der Waals surface area (Å²) in [5.74, 6) is -0.124. The van der Waals surface area contributed by atoms with Crippen molar-refractivity contribution in [2.45, 2.75) is 88.7 Å². The first kappa shape index (κ1) is 36.7. The Bertz CT molecular complexity index is 1380. The maximum atomic E-state index is 13.3. The second-order valence-corrected chi connectivity index (χ2v) is 9.78. The van der Waals surface area contributed by atoms with Crippen molar-refractivity contribution >= 4 is 52.4 Å². The van der Waals surface area contributed by atoms with Crippen LogP contribution in [0.4, 0.5) is 0 Å². The van der Waals surface area contributed by atoms with Crippen molar-refractivity contribution in [3.05, 3.63) is 76.7 Å². The highest BCUT2D eigenvalue weighted by molar-refractivity contribution is 6.53. The molecule has 0 bridgehead atoms. The molecule has 2 heterocycles. The zero-order chi connectivity index (χ0) is 32.1. The summed E-state index contributed by atoms with van der Waals surface area (Å²) >= 11 is 25.8. The fourth-order valence-electron chi connectivity index (χ4n) is 4.72. The van der Waals surface area contributed by atoms with E-state index < -0.39 is 11.6 Å². The van der Waals surface area contributed by atoms with Crippen LogP contribution in [0.1, 0.15) is 105 Å². The van der Waals surface area contributed by atoms with Gasteiger partial charge in [-0.3, -0.25) is 0 Å². The normalized spacial score (nSPS) is 12.7. The van der Waals surface area contributed by atoms with Crippen LogP contribution in [0.15, 0.2) is 12.1 Å². The first-order valence-electron chi connectivity index (χ1n) is 13.9. The summed E-state index contributed by atoms with van der Waals surface area (Å²) in [5, 5.41) is 21.1. The van der Waals surface area contributed by atoms with Crippen LogP contribution in [0.5, 0.6) is 23.0 Å². The van der Waals surface area contributed by atoms with Crippen molar-refractivity contribution in [2.24, 2.45) is 0 Å². The van der Waals surface area contributed by atoms with Crippen molar-refractivity contribution < 1.29 is 24.5 Å². The highest BCUT2D eigenvalue weighted by Crippen LogP contribution is 2.63. The van der Waals surface area contributed by atoms with E-state index in [1.807, 2.05) is 55.4 Å². The van der Waals surface area contributed by atoms with Gasteiger partial charge in [0, 0.05) is 27.8 Å². The molecular formula is C32H40Cl4O5. The van der Waals surface area contributed by atoms with Crippen molar-refractivity contribution in [1.29, 1.82) is 0 Å². The summed E-state index contributed by atoms with van der Waals surface area (Å²) in [6.07, 6.45) is 0. The lowest BCUT2D eigenvalue weighted by Crippen LogP contribution is -2.34. The van der Waals surface area contributed by atoms with Gasteiger partial charge < -0.3 is 19.7 Å². The number of esters is 1. The molecule has 0 saturated carbocycles. The second kappa shape index (κ2) is 14.7. The molecule has 3 aromatic carbocycles. The fraction of sp³-hybridized carbons (Fsp3) is 0.406. The van der Waals surface area contributed by atoms with E-state index in [9.17, 15) is 15.0 Å². The number of benzene rings is 3. The van der Waals surface area contributed by atoms with Gasteiger partial charge in [0.25, 0.3) is 0 Å². The summed E-state index contributed by atoms with van der Waals surface area (Å²) in [6.45, 7) is 22.8. The fourth-order valence-corrected chi connectivity index (χ4v) is 5.78. The summed E-state index contributed by atoms with van der Waals surface area (Å²) in [6, 6.07) is 3.35. The predicted octanol–water partition coefficient (Wildman–Crippen LogP) is 11.6. The van der Waals surface area contributed by atoms with Crippen molar-refractivity contribution in [3.8, 4) is 23.0 Å². The van der Waals surface area contributed by atoms with Gasteiger partial charge in [-0.25, -0.2) is 4.79 Å². The maximum Gasteiger partial charge on any atom is 0.341 e. The van der Waals surface area contributed by atoms with Crippen LogP contribution in [0.3, 0.4) is 0 Å². The topological polar surface area (TPSA) is 76.0 Å². The lowest BCUT2D eigenvalue weighted by molar-refractivity contribution is 0.0223. The second-order valence-electron chi connectivity index (χ2n) is 8.27. The maximum absolute atomic E-state index is 13.3. The minimum Gasteiger partial charge on any atom is -0.507 e. The van der Waals surface area contributed by atoms with Gasteiger partial charge >= 0.3 is 5.97 Å². The minimum absolute atomic E-state index is 0.00151. The monoisotopic (exact) mass is 644 g/mol. The molecule has 0 amide bonds. The van der Waals surface area contributed by atoms with E-state index in [0.29, 0.717) is 33.4 Å². The Morgan fingerprint density at radius 3 is 1.39 bits per heavy atom. The molecule has 5 nitrogen and oxygen atoms in total. The van der Waals surface area contributed by atoms with Gasteiger partial charge in [-0.15, -0.1) is 0 Å². The summed E-state index contributed by atoms with van der Waals surface area (Å²) in [5.41, 5.74) is 1.45. The van der Waals surface area contributed by atoms with Crippen molar-refractivity contribution in [3.63, 3.8) is 0 Å². The summed E-state index contributed by atoms with van der Waals surface area (Å²) in [4.78, 5) is 13.3. The number of phenols is 2. The molecule has 1 spiro atoms. The molecule has 5 rings (SSSR count). The third-order valence-corrected chi connectivity index (χ3v) is 8.18. The average molecular weight is 646 g/mol. The number of phenolic OH excluding ortho intramolecular Hbond substituents is 2. The number of ether oxygens (including phenoxy) is 2. The van der Waals surface area contributed by atoms with Gasteiger partial charge in [-0.2, -0.15) is 0 Å². The van der Waals surface area contributed by atoms with E-state index in [1.54, 1.807) is 39.8 Å². The number of carbonyl (C=O) groups excluding carboxylic acids is 1. The Kier molecular flexibility index (Phi) is 13.2. The third kappa shape index (κ3) is 5.59. The number of rotatable bonds is 0. The number of aromatic hydroxyl groups is 2. The molecular weight excluding hydrogens is 606 g/mol. The van der Waals surface area contributed by atoms with E-state index in [4.69, 9.17) is 55.9 Å². The van der Waals surface area contributed by atoms with Gasteiger partial charge in [0.1, 0.15) is 23.0 Å². The zero-order valence-electron chi connectivity index (χ0n) is 25.8. The van der Waals surface area contributed by atoms with Gasteiger partial charge in [-0.05, 0) is 51.0 Å². The number of hydrogen-bond donors (Lipinski definition) is 2. The number of hydrogen-bond acceptors (Lipinski definition) is 5. The Morgan fingerprint density at radius 2 is 1.00 bits per heavy atom. The highest BCUT2D eigenvalue weighted by atomic mass is 35.5. The van der Waals surface area contributed by atoms with Crippen LogP contribution in [-0.4, -0.2) is 16.2 Å². The number of aryl methyl sites for hydroxylation is 2. The Balaban J connectivity index is 0.000000969. The van der Waals surface area contributed by atoms with Gasteiger partial charge in [0.2, 0.25) is 0 Å². The quantitative estimate of drug-likeness (QED) is 0.144. The molecule has 2 aliphatic rings. The molecule has 0 unspecified atom stereocenters. The Morgan fingerprint density at radius 1 is 0.634 bits per heavy atom. The number of carbonyl (C=O) groups is 1. The lowest BCUT2D eigenvalue weighted by atomic mass is 9.75. The van der Waals surface area contributed by atoms with Crippen LogP contribution < -0.4 is 4.74 Å². The summed E-state index contributed by atoms with van der Waals surface area (Å²) < 4.78 is 12.3. The molecule has 0 aliphatic carbocycles. The predicted molar refractivity (Wildman–Crippen MR) is 172 cm³/mol. The van der Waals surface area contributed by atoms with Crippen LogP contribution in [-0.2, 0) is 10.3 Å². The van der Waals surface area contributed by atoms with Gasteiger partial charge in [-0.1, -0.05) is 102 Å². The SMILES string of the molecule is CC.CC.CC.CC.Cc1cc2c(c(C)c1O)Oc1c(cc(C)c(O)c1C)C21OC(=O)c2c(Cl)c(Cl)c(Cl)c(Cl)c21. The van der Waals surface area contributed by atoms with Crippen LogP contribution in [0, 0.1) is 27.7 Å². The van der Waals surface area contributed by atoms with E-state index in [2.05, 4.69) is 0 Å². The molecule has 0 atom stereocenters. The number of fused-ring (bicyclic) bond motifs is 6. The van der Waals surface area contributed by atoms with Crippen molar-refractivity contribution in [1.82, 2.24) is 0 Å². The van der Waals surface area contributed by atoms with Crippen LogP contribution >= 0.6 is 46.4 Å². The first-order valence-corrected chi connectivity index (χ1v) is 15.4. The Labute approximate surface area is 264 Å². The molecule has 226 valence electrons. The molecule has 3 aromatic rings. The average Bonchev–Trinajstić information content (AvgIpc) is 3.31. The molecule has 0 fully saturated rings. The molecule has 9 heteroatoms. The van der Waals surface area contributed by atoms with Crippen LogP contribution in [0.2, 0.25) is 20.1 Å². The lowest BCUT2D eigenvalue weighted by Gasteiger charge is -2.39. The van der Waals surface area contributed by atoms with E-state index in [1.165, 1.54) is 0 Å². The first-order chi connectivity index (χ1) is 19.4. The Hall–Kier alpha value is -2.31. The van der Waals surface area contributed by atoms with Gasteiger partial charge in [0.05, 0.1) is 25.7 Å². The molecule has 0 radical (unpaired) electrons. The zero-order valence-corrected chi connectivity index (χ0v) is 28.8. The molecule has 2 N–H and O–H groups in total. The van der Waals surface area contributed by atoms with Gasteiger partial charge in [0.15, 0.2) is 5.60 Å². The summed E-state index contributed by atoms with van der Waals surface area (Å²) in [7, 11) is 0. The minimum atomic E-state index is -1.60. The van der Waals surface area contributed by atoms with Crippen LogP contribution in [0.25, 0.3) is 0 Å². The van der Waals surface area contributed by atoms with E-state index >= 15 is 0 Å². The standard InChI is InChI=1S/C24H16Cl4O5.4C2H6/c1-7-5-11-21(9(3)19(7)29)32-22-10(4)20(30)8(2)6-12(22)24(11)14-13(23(31)33-24)15(25)17(27)18(28)16(14)26;4*1-2/h5-6,29-30H,1-4H3;4*1-2H3. The van der Waals surface area contributed by atoms with E-state index in [0.717, 1.165) is 0 Å². The smallest absolute Gasteiger partial charge is 0.341 e. The van der Waals surface area contributed by atoms with Crippen molar-refractivity contribution in [2.75, 3.05) is 0 Å².